The maximum atomic E-state index is 12.5. The normalized spacial score (nSPS) is 10.3. The fourth-order valence-corrected chi connectivity index (χ4v) is 2.03. The molecule has 3 N–H and O–H groups in total. The maximum absolute atomic E-state index is 12.5. The van der Waals surface area contributed by atoms with Gasteiger partial charge in [0.15, 0.2) is 0 Å². The molecule has 1 amide bonds. The molecule has 4 heteroatoms. The van der Waals surface area contributed by atoms with Crippen molar-refractivity contribution in [1.29, 1.82) is 0 Å². The van der Waals surface area contributed by atoms with Crippen LogP contribution in [-0.2, 0) is 0 Å². The Hall–Kier alpha value is -2.49. The van der Waals surface area contributed by atoms with Crippen LogP contribution in [0.3, 0.4) is 0 Å². The molecule has 0 radical (unpaired) electrons. The topological polar surface area (TPSA) is 66.6 Å². The van der Waals surface area contributed by atoms with E-state index in [4.69, 9.17) is 5.73 Å². The highest BCUT2D eigenvalue weighted by molar-refractivity contribution is 6.06. The summed E-state index contributed by atoms with van der Waals surface area (Å²) in [6, 6.07) is 12.1. The van der Waals surface area contributed by atoms with Crippen LogP contribution in [-0.4, -0.2) is 17.6 Å². The van der Waals surface area contributed by atoms with Gasteiger partial charge in [0.2, 0.25) is 0 Å². The number of hydrogen-bond acceptors (Lipinski definition) is 3. The van der Waals surface area contributed by atoms with Crippen LogP contribution >= 0.6 is 0 Å². The first-order chi connectivity index (χ1) is 9.52. The predicted octanol–water partition coefficient (Wildman–Crippen LogP) is 2.95. The van der Waals surface area contributed by atoms with Crippen molar-refractivity contribution in [3.8, 4) is 5.75 Å². The summed E-state index contributed by atoms with van der Waals surface area (Å²) in [5.74, 6) is -0.0344. The van der Waals surface area contributed by atoms with Gasteiger partial charge in [0.1, 0.15) is 5.75 Å². The number of aromatic hydroxyl groups is 1. The second-order valence-electron chi connectivity index (χ2n) is 4.65. The molecule has 0 aliphatic carbocycles. The predicted molar refractivity (Wildman–Crippen MR) is 81.0 cm³/mol. The molecule has 0 saturated heterocycles. The quantitative estimate of drug-likeness (QED) is 0.843. The summed E-state index contributed by atoms with van der Waals surface area (Å²) in [4.78, 5) is 14.2. The molecule has 0 fully saturated rings. The van der Waals surface area contributed by atoms with Gasteiger partial charge in [-0.25, -0.2) is 0 Å². The van der Waals surface area contributed by atoms with E-state index in [0.717, 1.165) is 11.3 Å². The van der Waals surface area contributed by atoms with E-state index in [9.17, 15) is 9.90 Å². The van der Waals surface area contributed by atoms with Crippen LogP contribution in [0.2, 0.25) is 0 Å². The lowest BCUT2D eigenvalue weighted by atomic mass is 10.1. The van der Waals surface area contributed by atoms with Crippen LogP contribution in [0.4, 0.5) is 11.4 Å². The van der Waals surface area contributed by atoms with Crippen molar-refractivity contribution in [1.82, 2.24) is 0 Å². The zero-order chi connectivity index (χ0) is 14.7. The van der Waals surface area contributed by atoms with Crippen molar-refractivity contribution in [2.75, 3.05) is 17.2 Å². The largest absolute Gasteiger partial charge is 0.508 e. The lowest BCUT2D eigenvalue weighted by Crippen LogP contribution is -2.30. The van der Waals surface area contributed by atoms with E-state index in [1.807, 2.05) is 19.1 Å². The molecule has 2 aromatic rings. The minimum atomic E-state index is -0.159. The third-order valence-corrected chi connectivity index (χ3v) is 3.20. The molecule has 0 saturated carbocycles. The van der Waals surface area contributed by atoms with E-state index in [0.29, 0.717) is 17.8 Å². The lowest BCUT2D eigenvalue weighted by molar-refractivity contribution is 0.0988. The SMILES string of the molecule is CCN(C(=O)c1ccc(C)c(O)c1)c1cccc(N)c1. The van der Waals surface area contributed by atoms with Crippen LogP contribution in [0.1, 0.15) is 22.8 Å². The smallest absolute Gasteiger partial charge is 0.258 e. The Morgan fingerprint density at radius 1 is 1.25 bits per heavy atom. The third-order valence-electron chi connectivity index (χ3n) is 3.20. The lowest BCUT2D eigenvalue weighted by Gasteiger charge is -2.21. The van der Waals surface area contributed by atoms with E-state index in [1.54, 1.807) is 36.1 Å². The van der Waals surface area contributed by atoms with E-state index in [1.165, 1.54) is 6.07 Å². The summed E-state index contributed by atoms with van der Waals surface area (Å²) >= 11 is 0. The molecule has 0 bridgehead atoms. The van der Waals surface area contributed by atoms with Gasteiger partial charge in [0, 0.05) is 23.5 Å². The maximum Gasteiger partial charge on any atom is 0.258 e. The van der Waals surface area contributed by atoms with E-state index >= 15 is 0 Å². The van der Waals surface area contributed by atoms with Crippen molar-refractivity contribution < 1.29 is 9.90 Å². The van der Waals surface area contributed by atoms with Gasteiger partial charge in [-0.1, -0.05) is 12.1 Å². The second-order valence-corrected chi connectivity index (χ2v) is 4.65. The molecule has 2 rings (SSSR count). The number of anilines is 2. The zero-order valence-corrected chi connectivity index (χ0v) is 11.6. The highest BCUT2D eigenvalue weighted by Crippen LogP contribution is 2.22. The first-order valence-electron chi connectivity index (χ1n) is 6.50. The molecule has 20 heavy (non-hydrogen) atoms. The number of benzene rings is 2. The van der Waals surface area contributed by atoms with Crippen LogP contribution in [0, 0.1) is 6.92 Å². The number of hydrogen-bond donors (Lipinski definition) is 2. The van der Waals surface area contributed by atoms with Crippen molar-refractivity contribution in [3.05, 3.63) is 53.6 Å². The van der Waals surface area contributed by atoms with Crippen molar-refractivity contribution in [2.24, 2.45) is 0 Å². The van der Waals surface area contributed by atoms with Crippen molar-refractivity contribution in [2.45, 2.75) is 13.8 Å². The van der Waals surface area contributed by atoms with E-state index in [-0.39, 0.29) is 11.7 Å². The fourth-order valence-electron chi connectivity index (χ4n) is 2.03. The number of phenols is 1. The molecule has 0 spiro atoms. The average Bonchev–Trinajstić information content (AvgIpc) is 2.42. The molecule has 4 nitrogen and oxygen atoms in total. The Balaban J connectivity index is 2.36. The minimum absolute atomic E-state index is 0.125. The van der Waals surface area contributed by atoms with Crippen molar-refractivity contribution >= 4 is 17.3 Å². The molecular formula is C16H18N2O2. The van der Waals surface area contributed by atoms with Crippen LogP contribution < -0.4 is 10.6 Å². The van der Waals surface area contributed by atoms with Gasteiger partial charge in [-0.2, -0.15) is 0 Å². The highest BCUT2D eigenvalue weighted by Gasteiger charge is 2.17. The summed E-state index contributed by atoms with van der Waals surface area (Å²) in [6.07, 6.45) is 0. The van der Waals surface area contributed by atoms with E-state index in [2.05, 4.69) is 0 Å². The Labute approximate surface area is 118 Å². The number of aryl methyl sites for hydroxylation is 1. The number of nitrogens with two attached hydrogens (primary N) is 1. The van der Waals surface area contributed by atoms with Gasteiger partial charge in [0.05, 0.1) is 0 Å². The number of carbonyl (C=O) groups is 1. The van der Waals surface area contributed by atoms with Crippen LogP contribution in [0.15, 0.2) is 42.5 Å². The molecule has 0 unspecified atom stereocenters. The Morgan fingerprint density at radius 2 is 2.00 bits per heavy atom. The summed E-state index contributed by atoms with van der Waals surface area (Å²) in [5, 5.41) is 9.73. The van der Waals surface area contributed by atoms with Gasteiger partial charge in [0.25, 0.3) is 5.91 Å². The molecule has 0 heterocycles. The molecule has 0 aliphatic rings. The van der Waals surface area contributed by atoms with Gasteiger partial charge >= 0.3 is 0 Å². The second kappa shape index (κ2) is 5.65. The Bertz CT molecular complexity index is 638. The Morgan fingerprint density at radius 3 is 2.60 bits per heavy atom. The zero-order valence-electron chi connectivity index (χ0n) is 11.6. The van der Waals surface area contributed by atoms with Crippen LogP contribution in [0.5, 0.6) is 5.75 Å². The van der Waals surface area contributed by atoms with Gasteiger partial charge in [-0.05, 0) is 49.7 Å². The number of phenolic OH excluding ortho intramolecular Hbond substituents is 1. The van der Waals surface area contributed by atoms with Crippen LogP contribution in [0.25, 0.3) is 0 Å². The number of rotatable bonds is 3. The summed E-state index contributed by atoms with van der Waals surface area (Å²) in [6.45, 7) is 4.21. The fraction of sp³-hybridized carbons (Fsp3) is 0.188. The first kappa shape index (κ1) is 13.9. The van der Waals surface area contributed by atoms with Gasteiger partial charge < -0.3 is 15.7 Å². The molecule has 2 aromatic carbocycles. The highest BCUT2D eigenvalue weighted by atomic mass is 16.3. The monoisotopic (exact) mass is 270 g/mol. The standard InChI is InChI=1S/C16H18N2O2/c1-3-18(14-6-4-5-13(17)10-14)16(20)12-8-7-11(2)15(19)9-12/h4-10,19H,3,17H2,1-2H3. The molecule has 0 atom stereocenters. The third kappa shape index (κ3) is 2.74. The summed E-state index contributed by atoms with van der Waals surface area (Å²) in [5.41, 5.74) is 8.32. The average molecular weight is 270 g/mol. The number of carbonyl (C=O) groups excluding carboxylic acids is 1. The molecule has 0 aliphatic heterocycles. The van der Waals surface area contributed by atoms with Crippen molar-refractivity contribution in [3.63, 3.8) is 0 Å². The molecule has 0 aromatic heterocycles. The summed E-state index contributed by atoms with van der Waals surface area (Å²) in [7, 11) is 0. The number of nitrogen functional groups attached to an aromatic ring is 1. The molecule has 104 valence electrons. The Kier molecular flexibility index (Phi) is 3.94. The first-order valence-corrected chi connectivity index (χ1v) is 6.50. The number of amides is 1. The summed E-state index contributed by atoms with van der Waals surface area (Å²) < 4.78 is 0. The van der Waals surface area contributed by atoms with Gasteiger partial charge in [-0.3, -0.25) is 4.79 Å². The number of nitrogens with zero attached hydrogens (tertiary/aromatic N) is 1. The minimum Gasteiger partial charge on any atom is -0.508 e. The van der Waals surface area contributed by atoms with Gasteiger partial charge in [-0.15, -0.1) is 0 Å². The van der Waals surface area contributed by atoms with E-state index < -0.39 is 0 Å². The molecular weight excluding hydrogens is 252 g/mol.